The molecule has 1 saturated carbocycles. The number of carbonyl (C=O) groups excluding carboxylic acids is 1. The van der Waals surface area contributed by atoms with E-state index in [4.69, 9.17) is 5.73 Å². The van der Waals surface area contributed by atoms with Crippen LogP contribution in [0.1, 0.15) is 42.5 Å². The molecule has 7 heteroatoms. The van der Waals surface area contributed by atoms with E-state index in [0.717, 1.165) is 43.9 Å². The molecule has 1 fully saturated rings. The molecule has 0 bridgehead atoms. The Hall–Kier alpha value is -2.02. The minimum Gasteiger partial charge on any atom is -0.348 e. The molecular weight excluding hydrogens is 289 g/mol. The first-order valence-corrected chi connectivity index (χ1v) is 7.47. The molecule has 6 nitrogen and oxygen atoms in total. The average Bonchev–Trinajstić information content (AvgIpc) is 2.53. The van der Waals surface area contributed by atoms with Gasteiger partial charge in [-0.2, -0.15) is 0 Å². The zero-order valence-electron chi connectivity index (χ0n) is 12.3. The molecule has 2 rings (SSSR count). The van der Waals surface area contributed by atoms with Crippen LogP contribution in [0.5, 0.6) is 0 Å². The van der Waals surface area contributed by atoms with Crippen molar-refractivity contribution in [3.8, 4) is 0 Å². The second kappa shape index (κ2) is 7.31. The third kappa shape index (κ3) is 3.79. The van der Waals surface area contributed by atoms with E-state index in [9.17, 15) is 19.3 Å². The van der Waals surface area contributed by atoms with Crippen LogP contribution in [0.3, 0.4) is 0 Å². The van der Waals surface area contributed by atoms with Gasteiger partial charge in [0.2, 0.25) is 0 Å². The van der Waals surface area contributed by atoms with Crippen LogP contribution in [0.4, 0.5) is 10.1 Å². The molecule has 1 aliphatic carbocycles. The number of rotatable bonds is 5. The van der Waals surface area contributed by atoms with Crippen LogP contribution in [0.25, 0.3) is 0 Å². The van der Waals surface area contributed by atoms with E-state index in [1.54, 1.807) is 0 Å². The van der Waals surface area contributed by atoms with Gasteiger partial charge in [-0.3, -0.25) is 14.9 Å². The van der Waals surface area contributed by atoms with Crippen molar-refractivity contribution in [1.82, 2.24) is 5.32 Å². The topological polar surface area (TPSA) is 98.3 Å². The SMILES string of the molecule is NCC(NC(=O)c1ccc(F)cc1[N+](=O)[O-])C1CCCCC1. The van der Waals surface area contributed by atoms with Crippen molar-refractivity contribution < 1.29 is 14.1 Å². The number of hydrogen-bond acceptors (Lipinski definition) is 4. The van der Waals surface area contributed by atoms with Crippen molar-refractivity contribution in [2.45, 2.75) is 38.1 Å². The predicted molar refractivity (Wildman–Crippen MR) is 79.9 cm³/mol. The zero-order chi connectivity index (χ0) is 16.1. The normalized spacial score (nSPS) is 17.0. The van der Waals surface area contributed by atoms with Gasteiger partial charge < -0.3 is 11.1 Å². The van der Waals surface area contributed by atoms with Crippen molar-refractivity contribution >= 4 is 11.6 Å². The highest BCUT2D eigenvalue weighted by Gasteiger charge is 2.27. The Morgan fingerprint density at radius 1 is 1.41 bits per heavy atom. The maximum Gasteiger partial charge on any atom is 0.285 e. The van der Waals surface area contributed by atoms with Crippen molar-refractivity contribution in [1.29, 1.82) is 0 Å². The lowest BCUT2D eigenvalue weighted by Gasteiger charge is -2.30. The lowest BCUT2D eigenvalue weighted by atomic mass is 9.84. The summed E-state index contributed by atoms with van der Waals surface area (Å²) in [5.74, 6) is -1.03. The second-order valence-corrected chi connectivity index (χ2v) is 5.63. The van der Waals surface area contributed by atoms with Gasteiger partial charge in [-0.25, -0.2) is 4.39 Å². The summed E-state index contributed by atoms with van der Waals surface area (Å²) in [4.78, 5) is 22.5. The van der Waals surface area contributed by atoms with Crippen molar-refractivity contribution in [3.63, 3.8) is 0 Å². The van der Waals surface area contributed by atoms with Gasteiger partial charge in [0.05, 0.1) is 11.0 Å². The van der Waals surface area contributed by atoms with E-state index < -0.39 is 22.3 Å². The third-order valence-corrected chi connectivity index (χ3v) is 4.19. The quantitative estimate of drug-likeness (QED) is 0.644. The highest BCUT2D eigenvalue weighted by Crippen LogP contribution is 2.27. The predicted octanol–water partition coefficient (Wildman–Crippen LogP) is 2.37. The third-order valence-electron chi connectivity index (χ3n) is 4.19. The Kier molecular flexibility index (Phi) is 5.43. The first-order valence-electron chi connectivity index (χ1n) is 7.47. The van der Waals surface area contributed by atoms with Crippen molar-refractivity contribution in [3.05, 3.63) is 39.7 Å². The summed E-state index contributed by atoms with van der Waals surface area (Å²) < 4.78 is 13.1. The van der Waals surface area contributed by atoms with Gasteiger partial charge in [-0.15, -0.1) is 0 Å². The molecule has 0 saturated heterocycles. The fraction of sp³-hybridized carbons (Fsp3) is 0.533. The maximum atomic E-state index is 13.1. The van der Waals surface area contributed by atoms with E-state index >= 15 is 0 Å². The smallest absolute Gasteiger partial charge is 0.285 e. The largest absolute Gasteiger partial charge is 0.348 e. The molecule has 0 heterocycles. The Morgan fingerprint density at radius 3 is 2.68 bits per heavy atom. The first kappa shape index (κ1) is 16.4. The molecule has 1 unspecified atom stereocenters. The summed E-state index contributed by atoms with van der Waals surface area (Å²) in [6, 6.07) is 2.72. The van der Waals surface area contributed by atoms with E-state index in [1.165, 1.54) is 6.42 Å². The Labute approximate surface area is 128 Å². The highest BCUT2D eigenvalue weighted by molar-refractivity contribution is 5.98. The Balaban J connectivity index is 2.15. The van der Waals surface area contributed by atoms with Crippen LogP contribution in [0, 0.1) is 21.8 Å². The van der Waals surface area contributed by atoms with Crippen molar-refractivity contribution in [2.75, 3.05) is 6.54 Å². The Bertz CT molecular complexity index is 559. The standard InChI is InChI=1S/C15H20FN3O3/c16-11-6-7-12(14(8-11)19(21)22)15(20)18-13(9-17)10-4-2-1-3-5-10/h6-8,10,13H,1-5,9,17H2,(H,18,20). The summed E-state index contributed by atoms with van der Waals surface area (Å²) in [5.41, 5.74) is 5.07. The number of nitro benzene ring substituents is 1. The van der Waals surface area contributed by atoms with Crippen LogP contribution in [0.15, 0.2) is 18.2 Å². The number of nitrogens with two attached hydrogens (primary N) is 1. The van der Waals surface area contributed by atoms with E-state index in [2.05, 4.69) is 5.32 Å². The van der Waals surface area contributed by atoms with Crippen LogP contribution < -0.4 is 11.1 Å². The second-order valence-electron chi connectivity index (χ2n) is 5.63. The lowest BCUT2D eigenvalue weighted by Crippen LogP contribution is -2.46. The molecular formula is C15H20FN3O3. The zero-order valence-corrected chi connectivity index (χ0v) is 12.3. The average molecular weight is 309 g/mol. The molecule has 0 spiro atoms. The number of hydrogen-bond donors (Lipinski definition) is 2. The summed E-state index contributed by atoms with van der Waals surface area (Å²) in [6.07, 6.45) is 5.38. The minimum atomic E-state index is -0.754. The molecule has 1 aromatic rings. The fourth-order valence-electron chi connectivity index (χ4n) is 3.00. The number of nitro groups is 1. The van der Waals surface area contributed by atoms with Crippen LogP contribution in [-0.2, 0) is 0 Å². The molecule has 22 heavy (non-hydrogen) atoms. The number of halogens is 1. The Morgan fingerprint density at radius 2 is 2.09 bits per heavy atom. The molecule has 1 amide bonds. The maximum absolute atomic E-state index is 13.1. The van der Waals surface area contributed by atoms with E-state index in [-0.39, 0.29) is 18.2 Å². The molecule has 0 aromatic heterocycles. The number of benzene rings is 1. The van der Waals surface area contributed by atoms with Gasteiger partial charge >= 0.3 is 0 Å². The minimum absolute atomic E-state index is 0.138. The summed E-state index contributed by atoms with van der Waals surface area (Å²) >= 11 is 0. The molecule has 1 aromatic carbocycles. The fourth-order valence-corrected chi connectivity index (χ4v) is 3.00. The van der Waals surface area contributed by atoms with Gasteiger partial charge in [-0.1, -0.05) is 19.3 Å². The van der Waals surface area contributed by atoms with Crippen LogP contribution >= 0.6 is 0 Å². The lowest BCUT2D eigenvalue weighted by molar-refractivity contribution is -0.385. The number of nitrogens with one attached hydrogen (secondary N) is 1. The van der Waals surface area contributed by atoms with Gasteiger partial charge in [0, 0.05) is 12.6 Å². The van der Waals surface area contributed by atoms with Crippen LogP contribution in [0.2, 0.25) is 0 Å². The molecule has 0 radical (unpaired) electrons. The summed E-state index contributed by atoms with van der Waals surface area (Å²) in [6.45, 7) is 0.283. The van der Waals surface area contributed by atoms with Gasteiger partial charge in [-0.05, 0) is 30.9 Å². The van der Waals surface area contributed by atoms with Crippen molar-refractivity contribution in [2.24, 2.45) is 11.7 Å². The molecule has 0 aliphatic heterocycles. The molecule has 1 atom stereocenters. The number of nitrogens with zero attached hydrogens (tertiary/aromatic N) is 1. The van der Waals surface area contributed by atoms with Crippen LogP contribution in [-0.4, -0.2) is 23.4 Å². The summed E-state index contributed by atoms with van der Waals surface area (Å²) in [5, 5.41) is 13.7. The molecule has 120 valence electrons. The first-order chi connectivity index (χ1) is 10.5. The molecule has 3 N–H and O–H groups in total. The van der Waals surface area contributed by atoms with Gasteiger partial charge in [0.25, 0.3) is 11.6 Å². The number of amides is 1. The van der Waals surface area contributed by atoms with Gasteiger partial charge in [0.15, 0.2) is 0 Å². The number of carbonyl (C=O) groups is 1. The van der Waals surface area contributed by atoms with Gasteiger partial charge in [0.1, 0.15) is 11.4 Å². The van der Waals surface area contributed by atoms with E-state index in [1.807, 2.05) is 0 Å². The monoisotopic (exact) mass is 309 g/mol. The van der Waals surface area contributed by atoms with E-state index in [0.29, 0.717) is 5.92 Å². The molecule has 1 aliphatic rings. The highest BCUT2D eigenvalue weighted by atomic mass is 19.1. The summed E-state index contributed by atoms with van der Waals surface area (Å²) in [7, 11) is 0.